The number of carboxylic acid groups (broad SMARTS) is 4. The number of alkyl halides is 3. The minimum atomic E-state index is -5.33. The lowest BCUT2D eigenvalue weighted by atomic mass is 9.89. The van der Waals surface area contributed by atoms with E-state index < -0.39 is 68.6 Å². The molecule has 0 radical (unpaired) electrons. The molecule has 0 fully saturated rings. The molecule has 0 amide bonds. The molecule has 0 heterocycles. The summed E-state index contributed by atoms with van der Waals surface area (Å²) in [5.41, 5.74) is -6.73. The third-order valence-electron chi connectivity index (χ3n) is 3.50. The van der Waals surface area contributed by atoms with E-state index in [1.165, 1.54) is 0 Å². The molecular weight excluding hydrogens is 365 g/mol. The maximum Gasteiger partial charge on any atom is 0.417 e. The molecular formula is C15H7F3O8. The molecule has 0 saturated carbocycles. The quantitative estimate of drug-likeness (QED) is 0.640. The molecule has 4 N–H and O–H groups in total. The van der Waals surface area contributed by atoms with Crippen molar-refractivity contribution < 1.29 is 52.8 Å². The molecule has 2 aromatic rings. The highest BCUT2D eigenvalue weighted by atomic mass is 19.4. The Morgan fingerprint density at radius 1 is 0.692 bits per heavy atom. The highest BCUT2D eigenvalue weighted by Crippen LogP contribution is 2.39. The Balaban J connectivity index is 3.24. The molecule has 0 aromatic heterocycles. The summed E-state index contributed by atoms with van der Waals surface area (Å²) in [6.45, 7) is 0. The van der Waals surface area contributed by atoms with Crippen molar-refractivity contribution in [2.75, 3.05) is 0 Å². The molecule has 0 saturated heterocycles. The van der Waals surface area contributed by atoms with Crippen LogP contribution in [0, 0.1) is 0 Å². The predicted molar refractivity (Wildman–Crippen MR) is 76.8 cm³/mol. The van der Waals surface area contributed by atoms with Crippen LogP contribution < -0.4 is 0 Å². The second kappa shape index (κ2) is 6.02. The number of benzene rings is 2. The van der Waals surface area contributed by atoms with Crippen molar-refractivity contribution in [3.63, 3.8) is 0 Å². The summed E-state index contributed by atoms with van der Waals surface area (Å²) in [5.74, 6) is -7.91. The van der Waals surface area contributed by atoms with Gasteiger partial charge in [-0.25, -0.2) is 19.2 Å². The maximum absolute atomic E-state index is 13.3. The van der Waals surface area contributed by atoms with Crippen LogP contribution in [0.5, 0.6) is 0 Å². The summed E-state index contributed by atoms with van der Waals surface area (Å²) in [7, 11) is 0. The van der Waals surface area contributed by atoms with Gasteiger partial charge in [0, 0.05) is 0 Å². The molecule has 0 bridgehead atoms. The van der Waals surface area contributed by atoms with E-state index in [2.05, 4.69) is 0 Å². The molecule has 8 nitrogen and oxygen atoms in total. The van der Waals surface area contributed by atoms with Crippen molar-refractivity contribution >= 4 is 34.6 Å². The first-order valence-electron chi connectivity index (χ1n) is 6.52. The average Bonchev–Trinajstić information content (AvgIpc) is 2.49. The first-order chi connectivity index (χ1) is 11.9. The van der Waals surface area contributed by atoms with Gasteiger partial charge >= 0.3 is 30.1 Å². The fourth-order valence-electron chi connectivity index (χ4n) is 2.55. The summed E-state index contributed by atoms with van der Waals surface area (Å²) in [6, 6.07) is 1.56. The Hall–Kier alpha value is -3.63. The Labute approximate surface area is 140 Å². The van der Waals surface area contributed by atoms with Crippen LogP contribution in [0.1, 0.15) is 47.0 Å². The molecule has 136 valence electrons. The largest absolute Gasteiger partial charge is 0.478 e. The van der Waals surface area contributed by atoms with Crippen molar-refractivity contribution in [3.05, 3.63) is 46.0 Å². The minimum Gasteiger partial charge on any atom is -0.478 e. The van der Waals surface area contributed by atoms with Gasteiger partial charge in [-0.15, -0.1) is 0 Å². The van der Waals surface area contributed by atoms with Crippen molar-refractivity contribution in [1.29, 1.82) is 0 Å². The van der Waals surface area contributed by atoms with Crippen molar-refractivity contribution in [2.45, 2.75) is 6.18 Å². The van der Waals surface area contributed by atoms with Crippen LogP contribution in [0.25, 0.3) is 10.8 Å². The zero-order valence-corrected chi connectivity index (χ0v) is 12.3. The van der Waals surface area contributed by atoms with E-state index in [0.29, 0.717) is 6.07 Å². The van der Waals surface area contributed by atoms with E-state index >= 15 is 0 Å². The van der Waals surface area contributed by atoms with Crippen LogP contribution >= 0.6 is 0 Å². The number of fused-ring (bicyclic) bond motifs is 1. The smallest absolute Gasteiger partial charge is 0.417 e. The van der Waals surface area contributed by atoms with Crippen molar-refractivity contribution in [3.8, 4) is 0 Å². The molecule has 0 spiro atoms. The van der Waals surface area contributed by atoms with Gasteiger partial charge in [-0.3, -0.25) is 0 Å². The van der Waals surface area contributed by atoms with Gasteiger partial charge in [0.1, 0.15) is 0 Å². The normalized spacial score (nSPS) is 11.3. The number of aromatic carboxylic acids is 4. The summed E-state index contributed by atoms with van der Waals surface area (Å²) in [6.07, 6.45) is -5.33. The van der Waals surface area contributed by atoms with Gasteiger partial charge in [0.25, 0.3) is 0 Å². The van der Waals surface area contributed by atoms with Crippen LogP contribution in [0.4, 0.5) is 13.2 Å². The fraction of sp³-hybridized carbons (Fsp3) is 0.0667. The number of carbonyl (C=O) groups is 4. The van der Waals surface area contributed by atoms with E-state index in [9.17, 15) is 42.6 Å². The van der Waals surface area contributed by atoms with Crippen molar-refractivity contribution in [2.24, 2.45) is 0 Å². The Morgan fingerprint density at radius 2 is 1.19 bits per heavy atom. The lowest BCUT2D eigenvalue weighted by Crippen LogP contribution is -2.19. The van der Waals surface area contributed by atoms with E-state index in [1.54, 1.807) is 0 Å². The molecule has 0 atom stereocenters. The van der Waals surface area contributed by atoms with Gasteiger partial charge in [-0.1, -0.05) is 6.07 Å². The molecule has 0 unspecified atom stereocenters. The van der Waals surface area contributed by atoms with E-state index in [-0.39, 0.29) is 6.07 Å². The summed E-state index contributed by atoms with van der Waals surface area (Å²) >= 11 is 0. The minimum absolute atomic E-state index is 0.126. The summed E-state index contributed by atoms with van der Waals surface area (Å²) in [5, 5.41) is 35.0. The van der Waals surface area contributed by atoms with Gasteiger partial charge in [-0.2, -0.15) is 13.2 Å². The third kappa shape index (κ3) is 2.90. The van der Waals surface area contributed by atoms with E-state index in [4.69, 9.17) is 10.2 Å². The average molecular weight is 372 g/mol. The number of rotatable bonds is 4. The molecule has 2 aromatic carbocycles. The summed E-state index contributed by atoms with van der Waals surface area (Å²) in [4.78, 5) is 45.2. The van der Waals surface area contributed by atoms with Crippen LogP contribution in [0.2, 0.25) is 0 Å². The SMILES string of the molecule is O=C(O)c1ccc2c(C(=O)O)c(C(=O)O)c(C(F)(F)F)cc2c1C(=O)O. The number of hydrogen-bond donors (Lipinski definition) is 4. The Kier molecular flexibility index (Phi) is 4.33. The highest BCUT2D eigenvalue weighted by Gasteiger charge is 2.40. The fourth-order valence-corrected chi connectivity index (χ4v) is 2.55. The standard InChI is InChI=1S/C15H7F3O8/c16-15(17,18)7-3-6-4(9(13(23)24)10(7)14(25)26)1-2-5(11(19)20)8(6)12(21)22/h1-3H,(H,19,20)(H,21,22)(H,23,24)(H,25,26). The van der Waals surface area contributed by atoms with Crippen LogP contribution in [-0.2, 0) is 6.18 Å². The van der Waals surface area contributed by atoms with Crippen molar-refractivity contribution in [1.82, 2.24) is 0 Å². The third-order valence-corrected chi connectivity index (χ3v) is 3.50. The highest BCUT2D eigenvalue weighted by molar-refractivity contribution is 6.19. The number of carboxylic acids is 4. The van der Waals surface area contributed by atoms with E-state index in [1.807, 2.05) is 0 Å². The topological polar surface area (TPSA) is 149 Å². The van der Waals surface area contributed by atoms with Gasteiger partial charge in [0.2, 0.25) is 0 Å². The molecule has 26 heavy (non-hydrogen) atoms. The van der Waals surface area contributed by atoms with Gasteiger partial charge in [0.15, 0.2) is 0 Å². The monoisotopic (exact) mass is 372 g/mol. The number of hydrogen-bond acceptors (Lipinski definition) is 4. The van der Waals surface area contributed by atoms with Gasteiger partial charge < -0.3 is 20.4 Å². The lowest BCUT2D eigenvalue weighted by molar-refractivity contribution is -0.138. The predicted octanol–water partition coefficient (Wildman–Crippen LogP) is 2.65. The lowest BCUT2D eigenvalue weighted by Gasteiger charge is -2.17. The molecule has 11 heteroatoms. The van der Waals surface area contributed by atoms with Crippen LogP contribution in [0.15, 0.2) is 18.2 Å². The zero-order chi connectivity index (χ0) is 20.0. The molecule has 0 aliphatic rings. The Morgan fingerprint density at radius 3 is 1.58 bits per heavy atom. The second-order valence-electron chi connectivity index (χ2n) is 4.98. The first-order valence-corrected chi connectivity index (χ1v) is 6.52. The van der Waals surface area contributed by atoms with E-state index in [0.717, 1.165) is 6.07 Å². The zero-order valence-electron chi connectivity index (χ0n) is 12.3. The van der Waals surface area contributed by atoms with Crippen LogP contribution in [0.3, 0.4) is 0 Å². The summed E-state index contributed by atoms with van der Waals surface area (Å²) < 4.78 is 39.8. The van der Waals surface area contributed by atoms with Gasteiger partial charge in [-0.05, 0) is 22.9 Å². The maximum atomic E-state index is 13.3. The Bertz CT molecular complexity index is 991. The molecule has 0 aliphatic carbocycles. The van der Waals surface area contributed by atoms with Gasteiger partial charge in [0.05, 0.1) is 27.8 Å². The molecule has 2 rings (SSSR count). The molecule has 0 aliphatic heterocycles. The number of halogens is 3. The van der Waals surface area contributed by atoms with Crippen LogP contribution in [-0.4, -0.2) is 44.3 Å². The second-order valence-corrected chi connectivity index (χ2v) is 4.98. The first kappa shape index (κ1) is 18.7.